The molecule has 0 spiro atoms. The zero-order chi connectivity index (χ0) is 13.8. The number of aryl methyl sites for hydroxylation is 1. The predicted octanol–water partition coefficient (Wildman–Crippen LogP) is 3.38. The molecule has 2 aromatic rings. The summed E-state index contributed by atoms with van der Waals surface area (Å²) in [5, 5.41) is 8.71. The van der Waals surface area contributed by atoms with Gasteiger partial charge in [0.15, 0.2) is 0 Å². The zero-order valence-electron chi connectivity index (χ0n) is 11.3. The SMILES string of the molecule is Cl.Cl.Nc1ccc(N)c(-c2cccc(CCC(=O)O)c2)c1. The van der Waals surface area contributed by atoms with Crippen LogP contribution in [0.1, 0.15) is 12.0 Å². The summed E-state index contributed by atoms with van der Waals surface area (Å²) in [5.74, 6) is -0.797. The Kier molecular flexibility index (Phi) is 7.63. The molecule has 0 atom stereocenters. The summed E-state index contributed by atoms with van der Waals surface area (Å²) in [4.78, 5) is 10.6. The van der Waals surface area contributed by atoms with Crippen LogP contribution in [0.2, 0.25) is 0 Å². The fraction of sp³-hybridized carbons (Fsp3) is 0.133. The van der Waals surface area contributed by atoms with E-state index in [2.05, 4.69) is 0 Å². The fourth-order valence-electron chi connectivity index (χ4n) is 1.97. The van der Waals surface area contributed by atoms with E-state index in [0.717, 1.165) is 16.7 Å². The second-order valence-electron chi connectivity index (χ2n) is 4.44. The maximum Gasteiger partial charge on any atom is 0.303 e. The first kappa shape index (κ1) is 19.1. The number of carboxylic acid groups (broad SMARTS) is 1. The Labute approximate surface area is 136 Å². The Balaban J connectivity index is 0.00000200. The standard InChI is InChI=1S/C15H16N2O2.2ClH/c16-12-5-6-14(17)13(9-12)11-3-1-2-10(8-11)4-7-15(18)19;;/h1-3,5-6,8-9H,4,7,16-17H2,(H,18,19);2*1H. The summed E-state index contributed by atoms with van der Waals surface area (Å²) in [6.07, 6.45) is 0.626. The van der Waals surface area contributed by atoms with E-state index in [9.17, 15) is 4.79 Å². The van der Waals surface area contributed by atoms with Crippen molar-refractivity contribution in [2.45, 2.75) is 12.8 Å². The third kappa shape index (κ3) is 5.17. The highest BCUT2D eigenvalue weighted by molar-refractivity contribution is 5.85. The molecule has 0 saturated carbocycles. The van der Waals surface area contributed by atoms with Crippen molar-refractivity contribution < 1.29 is 9.90 Å². The van der Waals surface area contributed by atoms with E-state index in [1.807, 2.05) is 30.3 Å². The molecule has 2 rings (SSSR count). The molecule has 0 aromatic heterocycles. The normalized spacial score (nSPS) is 9.33. The molecule has 21 heavy (non-hydrogen) atoms. The molecule has 0 fully saturated rings. The molecule has 0 aliphatic rings. The molecule has 0 saturated heterocycles. The molecule has 0 aliphatic carbocycles. The van der Waals surface area contributed by atoms with Crippen molar-refractivity contribution in [2.75, 3.05) is 11.5 Å². The smallest absolute Gasteiger partial charge is 0.303 e. The van der Waals surface area contributed by atoms with Crippen molar-refractivity contribution in [3.63, 3.8) is 0 Å². The van der Waals surface area contributed by atoms with Gasteiger partial charge in [-0.25, -0.2) is 0 Å². The van der Waals surface area contributed by atoms with Gasteiger partial charge in [-0.2, -0.15) is 0 Å². The van der Waals surface area contributed by atoms with E-state index in [1.54, 1.807) is 12.1 Å². The molecule has 0 aliphatic heterocycles. The van der Waals surface area contributed by atoms with Crippen LogP contribution in [0.5, 0.6) is 0 Å². The zero-order valence-corrected chi connectivity index (χ0v) is 12.9. The molecule has 6 heteroatoms. The van der Waals surface area contributed by atoms with Crippen molar-refractivity contribution >= 4 is 42.2 Å². The molecule has 114 valence electrons. The Morgan fingerprint density at radius 2 is 1.76 bits per heavy atom. The van der Waals surface area contributed by atoms with Gasteiger partial charge in [0, 0.05) is 23.4 Å². The quantitative estimate of drug-likeness (QED) is 0.750. The first-order valence-electron chi connectivity index (χ1n) is 6.02. The first-order valence-corrected chi connectivity index (χ1v) is 6.02. The van der Waals surface area contributed by atoms with E-state index in [0.29, 0.717) is 17.8 Å². The van der Waals surface area contributed by atoms with Crippen molar-refractivity contribution in [3.8, 4) is 11.1 Å². The molecule has 0 amide bonds. The third-order valence-corrected chi connectivity index (χ3v) is 2.94. The summed E-state index contributed by atoms with van der Waals surface area (Å²) in [7, 11) is 0. The lowest BCUT2D eigenvalue weighted by atomic mass is 9.99. The minimum atomic E-state index is -0.797. The lowest BCUT2D eigenvalue weighted by molar-refractivity contribution is -0.136. The fourth-order valence-corrected chi connectivity index (χ4v) is 1.97. The second kappa shape index (κ2) is 8.39. The molecule has 4 nitrogen and oxygen atoms in total. The average Bonchev–Trinajstić information content (AvgIpc) is 2.39. The van der Waals surface area contributed by atoms with Gasteiger partial charge >= 0.3 is 5.97 Å². The Morgan fingerprint density at radius 1 is 1.05 bits per heavy atom. The van der Waals surface area contributed by atoms with Crippen molar-refractivity contribution in [3.05, 3.63) is 48.0 Å². The van der Waals surface area contributed by atoms with Gasteiger partial charge in [-0.05, 0) is 35.7 Å². The topological polar surface area (TPSA) is 89.3 Å². The van der Waals surface area contributed by atoms with Crippen LogP contribution in [0.4, 0.5) is 11.4 Å². The third-order valence-electron chi connectivity index (χ3n) is 2.94. The highest BCUT2D eigenvalue weighted by Crippen LogP contribution is 2.28. The predicted molar refractivity (Wildman–Crippen MR) is 91.2 cm³/mol. The number of nitrogens with two attached hydrogens (primary N) is 2. The van der Waals surface area contributed by atoms with Crippen LogP contribution in [0.15, 0.2) is 42.5 Å². The van der Waals surface area contributed by atoms with Crippen LogP contribution >= 0.6 is 24.8 Å². The highest BCUT2D eigenvalue weighted by atomic mass is 35.5. The molecule has 0 unspecified atom stereocenters. The average molecular weight is 329 g/mol. The number of aliphatic carboxylic acids is 1. The minimum absolute atomic E-state index is 0. The van der Waals surface area contributed by atoms with Gasteiger partial charge in [0.25, 0.3) is 0 Å². The largest absolute Gasteiger partial charge is 0.481 e. The number of hydrogen-bond acceptors (Lipinski definition) is 3. The van der Waals surface area contributed by atoms with E-state index in [-0.39, 0.29) is 31.2 Å². The summed E-state index contributed by atoms with van der Waals surface area (Å²) >= 11 is 0. The van der Waals surface area contributed by atoms with E-state index in [1.165, 1.54) is 0 Å². The van der Waals surface area contributed by atoms with Gasteiger partial charge in [-0.15, -0.1) is 24.8 Å². The van der Waals surface area contributed by atoms with Gasteiger partial charge < -0.3 is 16.6 Å². The molecule has 0 bridgehead atoms. The lowest BCUT2D eigenvalue weighted by Gasteiger charge is -2.08. The van der Waals surface area contributed by atoms with Crippen LogP contribution < -0.4 is 11.5 Å². The summed E-state index contributed by atoms with van der Waals surface area (Å²) < 4.78 is 0. The van der Waals surface area contributed by atoms with Crippen LogP contribution in [-0.4, -0.2) is 11.1 Å². The van der Waals surface area contributed by atoms with Gasteiger partial charge in [0.05, 0.1) is 0 Å². The van der Waals surface area contributed by atoms with Crippen molar-refractivity contribution in [1.29, 1.82) is 0 Å². The van der Waals surface area contributed by atoms with Gasteiger partial charge in [-0.1, -0.05) is 24.3 Å². The van der Waals surface area contributed by atoms with Gasteiger partial charge in [0.1, 0.15) is 0 Å². The van der Waals surface area contributed by atoms with E-state index in [4.69, 9.17) is 16.6 Å². The number of halogens is 2. The summed E-state index contributed by atoms with van der Waals surface area (Å²) in [5.41, 5.74) is 15.8. The Morgan fingerprint density at radius 3 is 2.43 bits per heavy atom. The number of rotatable bonds is 4. The van der Waals surface area contributed by atoms with Crippen LogP contribution in [-0.2, 0) is 11.2 Å². The molecular weight excluding hydrogens is 311 g/mol. The number of nitrogen functional groups attached to an aromatic ring is 2. The maximum atomic E-state index is 10.6. The van der Waals surface area contributed by atoms with Gasteiger partial charge in [-0.3, -0.25) is 4.79 Å². The minimum Gasteiger partial charge on any atom is -0.481 e. The molecule has 0 radical (unpaired) electrons. The molecule has 0 heterocycles. The molecule has 2 aromatic carbocycles. The van der Waals surface area contributed by atoms with Crippen LogP contribution in [0, 0.1) is 0 Å². The first-order chi connectivity index (χ1) is 9.06. The number of anilines is 2. The summed E-state index contributed by atoms with van der Waals surface area (Å²) in [6, 6.07) is 13.1. The van der Waals surface area contributed by atoms with Crippen molar-refractivity contribution in [1.82, 2.24) is 0 Å². The number of benzene rings is 2. The van der Waals surface area contributed by atoms with Crippen LogP contribution in [0.3, 0.4) is 0 Å². The van der Waals surface area contributed by atoms with E-state index >= 15 is 0 Å². The monoisotopic (exact) mass is 328 g/mol. The van der Waals surface area contributed by atoms with Gasteiger partial charge in [0.2, 0.25) is 0 Å². The van der Waals surface area contributed by atoms with E-state index < -0.39 is 5.97 Å². The Hall–Kier alpha value is -1.91. The maximum absolute atomic E-state index is 10.6. The van der Waals surface area contributed by atoms with Crippen molar-refractivity contribution in [2.24, 2.45) is 0 Å². The number of carboxylic acids is 1. The molecular formula is C15H18Cl2N2O2. The Bertz CT molecular complexity index is 618. The molecule has 5 N–H and O–H groups in total. The second-order valence-corrected chi connectivity index (χ2v) is 4.44. The lowest BCUT2D eigenvalue weighted by Crippen LogP contribution is -1.98. The number of hydrogen-bond donors (Lipinski definition) is 3. The highest BCUT2D eigenvalue weighted by Gasteiger charge is 2.05. The summed E-state index contributed by atoms with van der Waals surface area (Å²) in [6.45, 7) is 0. The number of carbonyl (C=O) groups is 1. The van der Waals surface area contributed by atoms with Crippen LogP contribution in [0.25, 0.3) is 11.1 Å².